The Kier molecular flexibility index (Phi) is 3.96. The van der Waals surface area contributed by atoms with Crippen LogP contribution in [0.25, 0.3) is 0 Å². The number of rotatable bonds is 3. The highest BCUT2D eigenvalue weighted by molar-refractivity contribution is 7.90. The zero-order valence-corrected chi connectivity index (χ0v) is 11.8. The maximum absolute atomic E-state index is 12.0. The number of nitrogens with one attached hydrogen (secondary N) is 1. The number of sulfonamides is 1. The van der Waals surface area contributed by atoms with Gasteiger partial charge in [-0.15, -0.1) is 0 Å². The van der Waals surface area contributed by atoms with E-state index in [-0.39, 0.29) is 21.2 Å². The van der Waals surface area contributed by atoms with Crippen LogP contribution in [0.2, 0.25) is 5.02 Å². The molecule has 2 aromatic carbocycles. The summed E-state index contributed by atoms with van der Waals surface area (Å²) in [6.45, 7) is 0. The van der Waals surface area contributed by atoms with Gasteiger partial charge in [0.15, 0.2) is 0 Å². The van der Waals surface area contributed by atoms with E-state index in [0.29, 0.717) is 0 Å². The molecule has 0 saturated carbocycles. The van der Waals surface area contributed by atoms with Crippen LogP contribution in [0.5, 0.6) is 0 Å². The third-order valence-corrected chi connectivity index (χ3v) is 4.17. The fourth-order valence-electron chi connectivity index (χ4n) is 1.56. The Morgan fingerprint density at radius 1 is 1.10 bits per heavy atom. The molecular formula is C13H11ClN2O3S. The minimum Gasteiger partial charge on any atom is -0.399 e. The number of hydrogen-bond acceptors (Lipinski definition) is 4. The van der Waals surface area contributed by atoms with Gasteiger partial charge in [0.2, 0.25) is 0 Å². The molecule has 0 aromatic heterocycles. The van der Waals surface area contributed by atoms with Crippen molar-refractivity contribution in [1.82, 2.24) is 4.72 Å². The molecule has 2 rings (SSSR count). The van der Waals surface area contributed by atoms with Gasteiger partial charge in [-0.25, -0.2) is 13.1 Å². The first-order chi connectivity index (χ1) is 9.40. The second-order valence-corrected chi connectivity index (χ2v) is 6.08. The summed E-state index contributed by atoms with van der Waals surface area (Å²) in [4.78, 5) is 11.8. The van der Waals surface area contributed by atoms with Crippen LogP contribution >= 0.6 is 11.6 Å². The molecule has 7 heteroatoms. The molecule has 0 bridgehead atoms. The molecule has 0 fully saturated rings. The molecule has 20 heavy (non-hydrogen) atoms. The number of nitrogens with two attached hydrogens (primary N) is 1. The van der Waals surface area contributed by atoms with E-state index >= 15 is 0 Å². The maximum atomic E-state index is 12.0. The summed E-state index contributed by atoms with van der Waals surface area (Å²) < 4.78 is 26.0. The van der Waals surface area contributed by atoms with Gasteiger partial charge in [-0.1, -0.05) is 29.8 Å². The lowest BCUT2D eigenvalue weighted by Crippen LogP contribution is -2.30. The smallest absolute Gasteiger partial charge is 0.266 e. The molecular weight excluding hydrogens is 300 g/mol. The van der Waals surface area contributed by atoms with E-state index in [1.807, 2.05) is 4.72 Å². The van der Waals surface area contributed by atoms with Crippen molar-refractivity contribution in [1.29, 1.82) is 0 Å². The van der Waals surface area contributed by atoms with Crippen molar-refractivity contribution in [2.24, 2.45) is 0 Å². The van der Waals surface area contributed by atoms with Crippen molar-refractivity contribution in [3.8, 4) is 0 Å². The summed E-state index contributed by atoms with van der Waals surface area (Å²) >= 11 is 5.84. The Balaban J connectivity index is 2.30. The third-order valence-electron chi connectivity index (χ3n) is 2.51. The lowest BCUT2D eigenvalue weighted by Gasteiger charge is -2.08. The van der Waals surface area contributed by atoms with Gasteiger partial charge in [0.1, 0.15) is 0 Å². The SMILES string of the molecule is Nc1cccc(S(=O)(=O)NC(=O)c2ccccc2Cl)c1. The molecule has 0 aliphatic carbocycles. The Hall–Kier alpha value is -2.05. The van der Waals surface area contributed by atoms with E-state index in [0.717, 1.165) is 0 Å². The second-order valence-electron chi connectivity index (χ2n) is 3.99. The summed E-state index contributed by atoms with van der Waals surface area (Å²) in [5, 5.41) is 0.174. The number of nitrogen functional groups attached to an aromatic ring is 1. The number of carbonyl (C=O) groups excluding carboxylic acids is 1. The monoisotopic (exact) mass is 310 g/mol. The van der Waals surface area contributed by atoms with Gasteiger partial charge in [0.05, 0.1) is 15.5 Å². The summed E-state index contributed by atoms with van der Waals surface area (Å²) in [5.74, 6) is -0.793. The first-order valence-electron chi connectivity index (χ1n) is 5.57. The van der Waals surface area contributed by atoms with Gasteiger partial charge in [-0.3, -0.25) is 4.79 Å². The Morgan fingerprint density at radius 3 is 2.45 bits per heavy atom. The summed E-state index contributed by atoms with van der Waals surface area (Å²) in [6, 6.07) is 11.8. The zero-order valence-electron chi connectivity index (χ0n) is 10.2. The third kappa shape index (κ3) is 3.09. The van der Waals surface area contributed by atoms with Gasteiger partial charge in [-0.05, 0) is 30.3 Å². The molecule has 0 radical (unpaired) electrons. The number of anilines is 1. The van der Waals surface area contributed by atoms with Gasteiger partial charge in [0.25, 0.3) is 15.9 Å². The van der Waals surface area contributed by atoms with Crippen molar-refractivity contribution in [3.63, 3.8) is 0 Å². The van der Waals surface area contributed by atoms with Crippen LogP contribution < -0.4 is 10.5 Å². The molecule has 0 aliphatic rings. The predicted octanol–water partition coefficient (Wildman–Crippen LogP) is 2.04. The van der Waals surface area contributed by atoms with E-state index < -0.39 is 15.9 Å². The lowest BCUT2D eigenvalue weighted by atomic mass is 10.2. The number of amides is 1. The van der Waals surface area contributed by atoms with Gasteiger partial charge >= 0.3 is 0 Å². The summed E-state index contributed by atoms with van der Waals surface area (Å²) in [7, 11) is -3.99. The maximum Gasteiger partial charge on any atom is 0.266 e. The molecule has 0 atom stereocenters. The standard InChI is InChI=1S/C13H11ClN2O3S/c14-12-7-2-1-6-11(12)13(17)16-20(18,19)10-5-3-4-9(15)8-10/h1-8H,15H2,(H,16,17). The molecule has 0 spiro atoms. The summed E-state index contributed by atoms with van der Waals surface area (Å²) in [6.07, 6.45) is 0. The Morgan fingerprint density at radius 2 is 1.80 bits per heavy atom. The van der Waals surface area contributed by atoms with Crippen LogP contribution in [0.4, 0.5) is 5.69 Å². The van der Waals surface area contributed by atoms with Crippen LogP contribution in [0.15, 0.2) is 53.4 Å². The number of hydrogen-bond donors (Lipinski definition) is 2. The number of carbonyl (C=O) groups is 1. The molecule has 0 saturated heterocycles. The fraction of sp³-hybridized carbons (Fsp3) is 0. The zero-order chi connectivity index (χ0) is 14.8. The Labute approximate surface area is 121 Å². The van der Waals surface area contributed by atoms with E-state index in [2.05, 4.69) is 0 Å². The van der Waals surface area contributed by atoms with Crippen LogP contribution in [-0.4, -0.2) is 14.3 Å². The Bertz CT molecular complexity index is 760. The molecule has 104 valence electrons. The van der Waals surface area contributed by atoms with Crippen LogP contribution in [0.1, 0.15) is 10.4 Å². The van der Waals surface area contributed by atoms with E-state index in [9.17, 15) is 13.2 Å². The minimum atomic E-state index is -3.99. The minimum absolute atomic E-state index is 0.0849. The van der Waals surface area contributed by atoms with Crippen molar-refractivity contribution in [2.75, 3.05) is 5.73 Å². The molecule has 5 nitrogen and oxygen atoms in total. The molecule has 1 amide bonds. The van der Waals surface area contributed by atoms with Crippen molar-refractivity contribution in [2.45, 2.75) is 4.90 Å². The van der Waals surface area contributed by atoms with Crippen molar-refractivity contribution < 1.29 is 13.2 Å². The number of benzene rings is 2. The second kappa shape index (κ2) is 5.52. The molecule has 0 heterocycles. The molecule has 2 aromatic rings. The average Bonchev–Trinajstić information content (AvgIpc) is 2.38. The fourth-order valence-corrected chi connectivity index (χ4v) is 2.81. The van der Waals surface area contributed by atoms with Gasteiger partial charge in [-0.2, -0.15) is 0 Å². The summed E-state index contributed by atoms with van der Waals surface area (Å²) in [5.41, 5.74) is 5.90. The average molecular weight is 311 g/mol. The first kappa shape index (κ1) is 14.4. The van der Waals surface area contributed by atoms with Gasteiger partial charge in [0, 0.05) is 5.69 Å². The van der Waals surface area contributed by atoms with Crippen LogP contribution in [0.3, 0.4) is 0 Å². The number of halogens is 1. The first-order valence-corrected chi connectivity index (χ1v) is 7.43. The molecule has 3 N–H and O–H groups in total. The van der Waals surface area contributed by atoms with E-state index in [1.54, 1.807) is 18.2 Å². The lowest BCUT2D eigenvalue weighted by molar-refractivity contribution is 0.0981. The highest BCUT2D eigenvalue weighted by Gasteiger charge is 2.20. The van der Waals surface area contributed by atoms with E-state index in [4.69, 9.17) is 17.3 Å². The topological polar surface area (TPSA) is 89.3 Å². The highest BCUT2D eigenvalue weighted by atomic mass is 35.5. The van der Waals surface area contributed by atoms with Crippen molar-refractivity contribution >= 4 is 33.2 Å². The largest absolute Gasteiger partial charge is 0.399 e. The molecule has 0 aliphatic heterocycles. The van der Waals surface area contributed by atoms with E-state index in [1.165, 1.54) is 30.3 Å². The van der Waals surface area contributed by atoms with Crippen LogP contribution in [-0.2, 0) is 10.0 Å². The van der Waals surface area contributed by atoms with Crippen LogP contribution in [0, 0.1) is 0 Å². The predicted molar refractivity (Wildman–Crippen MR) is 77.0 cm³/mol. The quantitative estimate of drug-likeness (QED) is 0.849. The van der Waals surface area contributed by atoms with Gasteiger partial charge < -0.3 is 5.73 Å². The normalized spacial score (nSPS) is 11.1. The molecule has 0 unspecified atom stereocenters. The highest BCUT2D eigenvalue weighted by Crippen LogP contribution is 2.17. The van der Waals surface area contributed by atoms with Crippen molar-refractivity contribution in [3.05, 3.63) is 59.1 Å².